The number of hydrogen-bond acceptors (Lipinski definition) is 3. The van der Waals surface area contributed by atoms with E-state index in [-0.39, 0.29) is 11.6 Å². The standard InChI is InChI=1S/C10H10N2O3/c13-10-2-1-7-11(10)8-3-5-9(6-4-8)12(14)15/h3-6H,1-2,7H2. The van der Waals surface area contributed by atoms with Gasteiger partial charge in [-0.25, -0.2) is 0 Å². The minimum absolute atomic E-state index is 0.0467. The van der Waals surface area contributed by atoms with Crippen molar-refractivity contribution in [1.29, 1.82) is 0 Å². The van der Waals surface area contributed by atoms with Crippen LogP contribution in [0.3, 0.4) is 0 Å². The minimum atomic E-state index is -0.449. The molecule has 2 rings (SSSR count). The largest absolute Gasteiger partial charge is 0.312 e. The number of benzene rings is 1. The molecule has 0 saturated carbocycles. The molecule has 1 amide bonds. The molecule has 1 heterocycles. The number of nitro benzene ring substituents is 1. The van der Waals surface area contributed by atoms with E-state index in [2.05, 4.69) is 0 Å². The molecule has 0 aliphatic carbocycles. The number of carbonyl (C=O) groups is 1. The third kappa shape index (κ3) is 1.81. The van der Waals surface area contributed by atoms with Gasteiger partial charge in [-0.15, -0.1) is 0 Å². The lowest BCUT2D eigenvalue weighted by molar-refractivity contribution is -0.384. The van der Waals surface area contributed by atoms with Gasteiger partial charge in [0.1, 0.15) is 0 Å². The Morgan fingerprint density at radius 1 is 1.27 bits per heavy atom. The van der Waals surface area contributed by atoms with Gasteiger partial charge >= 0.3 is 0 Å². The number of carbonyl (C=O) groups excluding carboxylic acids is 1. The Hall–Kier alpha value is -1.91. The van der Waals surface area contributed by atoms with Crippen LogP contribution in [0.4, 0.5) is 11.4 Å². The Bertz CT molecular complexity index is 400. The highest BCUT2D eigenvalue weighted by Gasteiger charge is 2.21. The maximum atomic E-state index is 11.4. The van der Waals surface area contributed by atoms with Gasteiger partial charge in [-0.05, 0) is 18.6 Å². The van der Waals surface area contributed by atoms with Crippen molar-refractivity contribution in [2.24, 2.45) is 0 Å². The zero-order valence-electron chi connectivity index (χ0n) is 8.05. The van der Waals surface area contributed by atoms with Crippen LogP contribution in [0, 0.1) is 10.1 Å². The monoisotopic (exact) mass is 206 g/mol. The number of anilines is 1. The van der Waals surface area contributed by atoms with Gasteiger partial charge in [0.2, 0.25) is 5.91 Å². The molecule has 0 radical (unpaired) electrons. The molecule has 0 unspecified atom stereocenters. The van der Waals surface area contributed by atoms with Crippen LogP contribution in [0.5, 0.6) is 0 Å². The Labute approximate surface area is 86.5 Å². The van der Waals surface area contributed by atoms with E-state index in [4.69, 9.17) is 0 Å². The molecule has 78 valence electrons. The maximum absolute atomic E-state index is 11.4. The van der Waals surface area contributed by atoms with Crippen LogP contribution < -0.4 is 4.90 Å². The van der Waals surface area contributed by atoms with Gasteiger partial charge in [0.15, 0.2) is 0 Å². The summed E-state index contributed by atoms with van der Waals surface area (Å²) in [5, 5.41) is 10.4. The smallest absolute Gasteiger partial charge is 0.269 e. The van der Waals surface area contributed by atoms with E-state index in [0.717, 1.165) is 12.1 Å². The van der Waals surface area contributed by atoms with Crippen molar-refractivity contribution < 1.29 is 9.72 Å². The Morgan fingerprint density at radius 3 is 2.40 bits per heavy atom. The minimum Gasteiger partial charge on any atom is -0.312 e. The normalized spacial score (nSPS) is 15.7. The van der Waals surface area contributed by atoms with Gasteiger partial charge < -0.3 is 4.90 Å². The van der Waals surface area contributed by atoms with Crippen LogP contribution in [0.15, 0.2) is 24.3 Å². The van der Waals surface area contributed by atoms with Crippen LogP contribution in [0.1, 0.15) is 12.8 Å². The molecular weight excluding hydrogens is 196 g/mol. The van der Waals surface area contributed by atoms with Gasteiger partial charge in [0, 0.05) is 30.8 Å². The molecule has 1 aromatic carbocycles. The summed E-state index contributed by atoms with van der Waals surface area (Å²) >= 11 is 0. The summed E-state index contributed by atoms with van der Waals surface area (Å²) in [6, 6.07) is 6.06. The predicted molar refractivity (Wildman–Crippen MR) is 54.7 cm³/mol. The lowest BCUT2D eigenvalue weighted by atomic mass is 10.2. The average Bonchev–Trinajstić information content (AvgIpc) is 2.65. The molecule has 0 N–H and O–H groups in total. The quantitative estimate of drug-likeness (QED) is 0.546. The summed E-state index contributed by atoms with van der Waals surface area (Å²) in [4.78, 5) is 23.0. The molecule has 0 aromatic heterocycles. The van der Waals surface area contributed by atoms with Crippen LogP contribution in [-0.2, 0) is 4.79 Å². The summed E-state index contributed by atoms with van der Waals surface area (Å²) in [6.45, 7) is 0.705. The number of rotatable bonds is 2. The Kier molecular flexibility index (Phi) is 2.37. The SMILES string of the molecule is O=C1CCCN1c1ccc([N+](=O)[O-])cc1. The highest BCUT2D eigenvalue weighted by molar-refractivity contribution is 5.95. The highest BCUT2D eigenvalue weighted by atomic mass is 16.6. The van der Waals surface area contributed by atoms with Gasteiger partial charge in [0.25, 0.3) is 5.69 Å². The molecule has 1 aromatic rings. The lowest BCUT2D eigenvalue weighted by Crippen LogP contribution is -2.23. The molecular formula is C10H10N2O3. The molecule has 0 bridgehead atoms. The van der Waals surface area contributed by atoms with E-state index in [1.165, 1.54) is 12.1 Å². The van der Waals surface area contributed by atoms with E-state index in [1.807, 2.05) is 0 Å². The number of hydrogen-bond donors (Lipinski definition) is 0. The first-order valence-electron chi connectivity index (χ1n) is 4.73. The van der Waals surface area contributed by atoms with Gasteiger partial charge in [0.05, 0.1) is 4.92 Å². The number of amides is 1. The zero-order valence-corrected chi connectivity index (χ0v) is 8.05. The fourth-order valence-electron chi connectivity index (χ4n) is 1.68. The number of nitro groups is 1. The van der Waals surface area contributed by atoms with E-state index in [9.17, 15) is 14.9 Å². The summed E-state index contributed by atoms with van der Waals surface area (Å²) in [7, 11) is 0. The summed E-state index contributed by atoms with van der Waals surface area (Å²) < 4.78 is 0. The first-order chi connectivity index (χ1) is 7.18. The lowest BCUT2D eigenvalue weighted by Gasteiger charge is -2.14. The van der Waals surface area contributed by atoms with Crippen molar-refractivity contribution >= 4 is 17.3 Å². The Morgan fingerprint density at radius 2 is 1.93 bits per heavy atom. The molecule has 0 spiro atoms. The first kappa shape index (κ1) is 9.64. The average molecular weight is 206 g/mol. The topological polar surface area (TPSA) is 63.5 Å². The fraction of sp³-hybridized carbons (Fsp3) is 0.300. The van der Waals surface area contributed by atoms with Crippen molar-refractivity contribution in [2.75, 3.05) is 11.4 Å². The fourth-order valence-corrected chi connectivity index (χ4v) is 1.68. The van der Waals surface area contributed by atoms with Crippen molar-refractivity contribution in [1.82, 2.24) is 0 Å². The third-order valence-corrected chi connectivity index (χ3v) is 2.45. The summed E-state index contributed by atoms with van der Waals surface area (Å²) in [5.74, 6) is 0.0869. The predicted octanol–water partition coefficient (Wildman–Crippen LogP) is 1.72. The van der Waals surface area contributed by atoms with Crippen molar-refractivity contribution in [3.8, 4) is 0 Å². The third-order valence-electron chi connectivity index (χ3n) is 2.45. The molecule has 1 aliphatic heterocycles. The van der Waals surface area contributed by atoms with Crippen LogP contribution in [0.25, 0.3) is 0 Å². The van der Waals surface area contributed by atoms with Gasteiger partial charge in [-0.2, -0.15) is 0 Å². The van der Waals surface area contributed by atoms with Crippen molar-refractivity contribution in [3.05, 3.63) is 34.4 Å². The van der Waals surface area contributed by atoms with Crippen LogP contribution >= 0.6 is 0 Å². The summed E-state index contributed by atoms with van der Waals surface area (Å²) in [6.07, 6.45) is 1.42. The molecule has 1 aliphatic rings. The molecule has 15 heavy (non-hydrogen) atoms. The van der Waals surface area contributed by atoms with E-state index in [1.54, 1.807) is 17.0 Å². The van der Waals surface area contributed by atoms with E-state index in [0.29, 0.717) is 13.0 Å². The van der Waals surface area contributed by atoms with E-state index < -0.39 is 4.92 Å². The maximum Gasteiger partial charge on any atom is 0.269 e. The van der Waals surface area contributed by atoms with Crippen LogP contribution in [-0.4, -0.2) is 17.4 Å². The van der Waals surface area contributed by atoms with Gasteiger partial charge in [-0.3, -0.25) is 14.9 Å². The molecule has 0 atom stereocenters. The second kappa shape index (κ2) is 3.68. The second-order valence-corrected chi connectivity index (χ2v) is 3.42. The first-order valence-corrected chi connectivity index (χ1v) is 4.73. The number of non-ortho nitro benzene ring substituents is 1. The Balaban J connectivity index is 2.23. The number of nitrogens with zero attached hydrogens (tertiary/aromatic N) is 2. The van der Waals surface area contributed by atoms with Crippen LogP contribution in [0.2, 0.25) is 0 Å². The molecule has 1 saturated heterocycles. The molecule has 5 nitrogen and oxygen atoms in total. The van der Waals surface area contributed by atoms with Gasteiger partial charge in [-0.1, -0.05) is 0 Å². The molecule has 5 heteroatoms. The summed E-state index contributed by atoms with van der Waals surface area (Å²) in [5.41, 5.74) is 0.786. The van der Waals surface area contributed by atoms with Crippen molar-refractivity contribution in [2.45, 2.75) is 12.8 Å². The second-order valence-electron chi connectivity index (χ2n) is 3.42. The zero-order chi connectivity index (χ0) is 10.8. The van der Waals surface area contributed by atoms with Crippen molar-refractivity contribution in [3.63, 3.8) is 0 Å². The molecule has 1 fully saturated rings. The van der Waals surface area contributed by atoms with E-state index >= 15 is 0 Å². The highest BCUT2D eigenvalue weighted by Crippen LogP contribution is 2.23.